The van der Waals surface area contributed by atoms with Gasteiger partial charge in [0.25, 0.3) is 5.91 Å². The number of rotatable bonds is 6. The van der Waals surface area contributed by atoms with E-state index in [4.69, 9.17) is 16.3 Å². The van der Waals surface area contributed by atoms with Crippen LogP contribution in [0.15, 0.2) is 47.8 Å². The number of benzene rings is 2. The van der Waals surface area contributed by atoms with Crippen LogP contribution in [0.3, 0.4) is 0 Å². The van der Waals surface area contributed by atoms with Crippen molar-refractivity contribution in [3.05, 3.63) is 75.2 Å². The van der Waals surface area contributed by atoms with Gasteiger partial charge in [0.05, 0.1) is 11.4 Å². The smallest absolute Gasteiger partial charge is 0.275 e. The Morgan fingerprint density at radius 3 is 2.80 bits per heavy atom. The number of anilines is 1. The van der Waals surface area contributed by atoms with E-state index in [0.29, 0.717) is 27.3 Å². The highest BCUT2D eigenvalue weighted by molar-refractivity contribution is 7.09. The fourth-order valence-electron chi connectivity index (χ4n) is 2.55. The average Bonchev–Trinajstić information content (AvgIpc) is 3.38. The lowest BCUT2D eigenvalue weighted by atomic mass is 10.2. The van der Waals surface area contributed by atoms with E-state index in [2.05, 4.69) is 25.8 Å². The number of nitrogens with one attached hydrogen (secondary N) is 1. The van der Waals surface area contributed by atoms with Gasteiger partial charge in [0, 0.05) is 10.4 Å². The number of nitrogens with zero attached hydrogens (tertiary/aromatic N) is 5. The zero-order chi connectivity index (χ0) is 21.1. The topological polar surface area (TPSA) is 94.8 Å². The highest BCUT2D eigenvalue weighted by Crippen LogP contribution is 2.21. The molecule has 0 unspecified atom stereocenters. The minimum absolute atomic E-state index is 0.000589. The first-order valence-corrected chi connectivity index (χ1v) is 9.94. The highest BCUT2D eigenvalue weighted by atomic mass is 35.5. The molecule has 0 fully saturated rings. The van der Waals surface area contributed by atoms with Crippen molar-refractivity contribution in [3.8, 4) is 11.4 Å². The van der Waals surface area contributed by atoms with Crippen LogP contribution in [0.2, 0.25) is 5.02 Å². The Morgan fingerprint density at radius 1 is 1.27 bits per heavy atom. The lowest BCUT2D eigenvalue weighted by Crippen LogP contribution is -2.14. The molecule has 8 nitrogen and oxygen atoms in total. The van der Waals surface area contributed by atoms with Crippen molar-refractivity contribution in [1.29, 1.82) is 0 Å². The molecule has 2 aromatic carbocycles. The van der Waals surface area contributed by atoms with Crippen molar-refractivity contribution in [3.63, 3.8) is 0 Å². The minimum atomic E-state index is -0.584. The highest BCUT2D eigenvalue weighted by Gasteiger charge is 2.15. The van der Waals surface area contributed by atoms with Crippen LogP contribution in [-0.4, -0.2) is 31.1 Å². The number of aryl methyl sites for hydroxylation is 1. The normalized spacial score (nSPS) is 10.8. The maximum absolute atomic E-state index is 14.2. The Bertz CT molecular complexity index is 1190. The predicted octanol–water partition coefficient (Wildman–Crippen LogP) is 4.05. The summed E-state index contributed by atoms with van der Waals surface area (Å²) < 4.78 is 21.3. The molecule has 0 radical (unpaired) electrons. The van der Waals surface area contributed by atoms with Crippen LogP contribution in [0.1, 0.15) is 21.3 Å². The number of ether oxygens (including phenoxy) is 1. The van der Waals surface area contributed by atoms with E-state index in [1.54, 1.807) is 36.6 Å². The van der Waals surface area contributed by atoms with E-state index in [0.717, 1.165) is 0 Å². The SMILES string of the molecule is Cc1nnnn1-c1ccc(F)c(NC(=O)c2csc(COc3ccc(Cl)cc3)n2)c1. The lowest BCUT2D eigenvalue weighted by molar-refractivity contribution is 0.102. The molecule has 0 atom stereocenters. The number of hydrogen-bond donors (Lipinski definition) is 1. The second-order valence-corrected chi connectivity index (χ2v) is 7.50. The van der Waals surface area contributed by atoms with Crippen LogP contribution in [0, 0.1) is 12.7 Å². The monoisotopic (exact) mass is 444 g/mol. The summed E-state index contributed by atoms with van der Waals surface area (Å²) in [5, 5.41) is 16.5. The van der Waals surface area contributed by atoms with Crippen LogP contribution >= 0.6 is 22.9 Å². The van der Waals surface area contributed by atoms with Gasteiger partial charge in [-0.1, -0.05) is 11.6 Å². The molecular formula is C19H14ClFN6O2S. The van der Waals surface area contributed by atoms with Crippen LogP contribution < -0.4 is 10.1 Å². The molecule has 30 heavy (non-hydrogen) atoms. The third-order valence-corrected chi connectivity index (χ3v) is 5.10. The third kappa shape index (κ3) is 4.44. The van der Waals surface area contributed by atoms with Crippen LogP contribution in [0.5, 0.6) is 5.75 Å². The molecule has 0 aliphatic rings. The van der Waals surface area contributed by atoms with Crippen molar-refractivity contribution in [1.82, 2.24) is 25.2 Å². The van der Waals surface area contributed by atoms with Gasteiger partial charge in [-0.05, 0) is 59.8 Å². The first-order chi connectivity index (χ1) is 14.5. The molecule has 0 bridgehead atoms. The number of hydrogen-bond acceptors (Lipinski definition) is 7. The summed E-state index contributed by atoms with van der Waals surface area (Å²) in [6, 6.07) is 11.1. The van der Waals surface area contributed by atoms with Gasteiger partial charge in [0.15, 0.2) is 5.82 Å². The van der Waals surface area contributed by atoms with Crippen molar-refractivity contribution >= 4 is 34.5 Å². The Labute approximate surface area is 179 Å². The lowest BCUT2D eigenvalue weighted by Gasteiger charge is -2.08. The van der Waals surface area contributed by atoms with Gasteiger partial charge < -0.3 is 10.1 Å². The second-order valence-electron chi connectivity index (χ2n) is 6.13. The number of thiazole rings is 1. The van der Waals surface area contributed by atoms with Crippen LogP contribution in [0.4, 0.5) is 10.1 Å². The molecule has 0 aliphatic heterocycles. The quantitative estimate of drug-likeness (QED) is 0.482. The summed E-state index contributed by atoms with van der Waals surface area (Å²) in [5.74, 6) is 0.0499. The Morgan fingerprint density at radius 2 is 2.07 bits per heavy atom. The van der Waals surface area contributed by atoms with E-state index >= 15 is 0 Å². The number of tetrazole rings is 1. The van der Waals surface area contributed by atoms with Gasteiger partial charge in [0.2, 0.25) is 0 Å². The van der Waals surface area contributed by atoms with Crippen molar-refractivity contribution < 1.29 is 13.9 Å². The number of amides is 1. The predicted molar refractivity (Wildman–Crippen MR) is 110 cm³/mol. The summed E-state index contributed by atoms with van der Waals surface area (Å²) in [4.78, 5) is 16.8. The third-order valence-electron chi connectivity index (χ3n) is 4.03. The molecule has 11 heteroatoms. The summed E-state index contributed by atoms with van der Waals surface area (Å²) in [6.07, 6.45) is 0. The Balaban J connectivity index is 1.44. The number of carbonyl (C=O) groups is 1. The molecule has 4 aromatic rings. The molecule has 2 aromatic heterocycles. The average molecular weight is 445 g/mol. The van der Waals surface area contributed by atoms with Crippen molar-refractivity contribution in [2.45, 2.75) is 13.5 Å². The van der Waals surface area contributed by atoms with Crippen molar-refractivity contribution in [2.24, 2.45) is 0 Å². The second kappa shape index (κ2) is 8.56. The fraction of sp³-hybridized carbons (Fsp3) is 0.105. The standard InChI is InChI=1S/C19H14ClFN6O2S/c1-11-24-25-26-27(11)13-4-7-15(21)16(8-13)23-19(28)17-10-30-18(22-17)9-29-14-5-2-12(20)3-6-14/h2-8,10H,9H2,1H3,(H,23,28). The van der Waals surface area contributed by atoms with E-state index in [1.807, 2.05) is 0 Å². The molecule has 0 aliphatic carbocycles. The van der Waals surface area contributed by atoms with E-state index < -0.39 is 11.7 Å². The van der Waals surface area contributed by atoms with Gasteiger partial charge in [-0.25, -0.2) is 9.37 Å². The molecule has 0 saturated carbocycles. The van der Waals surface area contributed by atoms with Crippen LogP contribution in [-0.2, 0) is 6.61 Å². The van der Waals surface area contributed by atoms with Crippen molar-refractivity contribution in [2.75, 3.05) is 5.32 Å². The summed E-state index contributed by atoms with van der Waals surface area (Å²) in [5.41, 5.74) is 0.682. The van der Waals surface area contributed by atoms with Gasteiger partial charge >= 0.3 is 0 Å². The minimum Gasteiger partial charge on any atom is -0.486 e. The summed E-state index contributed by atoms with van der Waals surface area (Å²) in [7, 11) is 0. The zero-order valence-corrected chi connectivity index (χ0v) is 17.1. The van der Waals surface area contributed by atoms with E-state index in [9.17, 15) is 9.18 Å². The Kier molecular flexibility index (Phi) is 5.68. The number of aromatic nitrogens is 5. The van der Waals surface area contributed by atoms with Gasteiger partial charge in [0.1, 0.15) is 28.9 Å². The molecule has 1 amide bonds. The fourth-order valence-corrected chi connectivity index (χ4v) is 3.37. The van der Waals surface area contributed by atoms with E-state index in [-0.39, 0.29) is 18.0 Å². The molecule has 1 N–H and O–H groups in total. The maximum Gasteiger partial charge on any atom is 0.275 e. The van der Waals surface area contributed by atoms with Gasteiger partial charge in [-0.15, -0.1) is 16.4 Å². The summed E-state index contributed by atoms with van der Waals surface area (Å²) in [6.45, 7) is 1.91. The number of halogens is 2. The first-order valence-electron chi connectivity index (χ1n) is 8.68. The van der Waals surface area contributed by atoms with Gasteiger partial charge in [-0.3, -0.25) is 4.79 Å². The van der Waals surface area contributed by atoms with E-state index in [1.165, 1.54) is 34.2 Å². The summed E-state index contributed by atoms with van der Waals surface area (Å²) >= 11 is 7.11. The molecule has 0 spiro atoms. The molecule has 4 rings (SSSR count). The Hall–Kier alpha value is -3.37. The zero-order valence-electron chi connectivity index (χ0n) is 15.5. The molecule has 152 valence electrons. The molecule has 2 heterocycles. The molecule has 0 saturated heterocycles. The van der Waals surface area contributed by atoms with Gasteiger partial charge in [-0.2, -0.15) is 4.68 Å². The largest absolute Gasteiger partial charge is 0.486 e. The van der Waals surface area contributed by atoms with Crippen LogP contribution in [0.25, 0.3) is 5.69 Å². The maximum atomic E-state index is 14.2. The number of carbonyl (C=O) groups excluding carboxylic acids is 1. The molecular weight excluding hydrogens is 431 g/mol. The first kappa shape index (κ1) is 19.9.